The van der Waals surface area contributed by atoms with E-state index < -0.39 is 0 Å². The Hall–Kier alpha value is -3.01. The first kappa shape index (κ1) is 14.9. The fourth-order valence-electron chi connectivity index (χ4n) is 2.17. The van der Waals surface area contributed by atoms with E-state index in [9.17, 15) is 9.18 Å². The van der Waals surface area contributed by atoms with E-state index in [1.165, 1.54) is 12.1 Å². The normalized spacial score (nSPS) is 10.3. The predicted molar refractivity (Wildman–Crippen MR) is 87.4 cm³/mol. The number of amides is 1. The van der Waals surface area contributed by atoms with Crippen LogP contribution in [0.5, 0.6) is 0 Å². The van der Waals surface area contributed by atoms with Crippen molar-refractivity contribution in [3.8, 4) is 11.3 Å². The smallest absolute Gasteiger partial charge is 0.255 e. The molecule has 23 heavy (non-hydrogen) atoms. The summed E-state index contributed by atoms with van der Waals surface area (Å²) in [6.07, 6.45) is 1.55. The van der Waals surface area contributed by atoms with Crippen molar-refractivity contribution in [1.82, 2.24) is 4.98 Å². The molecule has 0 bridgehead atoms. The standard InChI is InChI=1S/C19H13FN2O/c1-13-3-2-4-17(11-13)22-19(23)15-9-10-21-18(12-15)14-5-7-16(20)8-6-14/h1-12H,(H,22,23). The number of halogens is 1. The molecule has 3 aromatic rings. The summed E-state index contributed by atoms with van der Waals surface area (Å²) >= 11 is 0. The van der Waals surface area contributed by atoms with Crippen LogP contribution in [0, 0.1) is 12.7 Å². The molecule has 112 valence electrons. The third-order valence-electron chi connectivity index (χ3n) is 3.31. The van der Waals surface area contributed by atoms with Crippen LogP contribution in [0.25, 0.3) is 11.3 Å². The van der Waals surface area contributed by atoms with Crippen molar-refractivity contribution in [1.29, 1.82) is 0 Å². The lowest BCUT2D eigenvalue weighted by atomic mass is 10.1. The number of carbonyl (C=O) groups excluding carboxylic acids is 1. The molecule has 1 heterocycles. The van der Waals surface area contributed by atoms with Gasteiger partial charge in [-0.15, -0.1) is 0 Å². The Balaban J connectivity index is 1.84. The summed E-state index contributed by atoms with van der Waals surface area (Å²) in [6, 6.07) is 16.2. The van der Waals surface area contributed by atoms with Crippen LogP contribution in [-0.2, 0) is 0 Å². The van der Waals surface area contributed by atoms with E-state index in [1.54, 1.807) is 54.7 Å². The summed E-state index contributed by atoms with van der Waals surface area (Å²) in [7, 11) is 0. The van der Waals surface area contributed by atoms with Gasteiger partial charge in [-0.2, -0.15) is 0 Å². The Morgan fingerprint density at radius 1 is 1.04 bits per heavy atom. The van der Waals surface area contributed by atoms with Gasteiger partial charge in [0.05, 0.1) is 5.69 Å². The molecule has 2 radical (unpaired) electrons. The first-order chi connectivity index (χ1) is 11.1. The minimum atomic E-state index is -0.315. The largest absolute Gasteiger partial charge is 0.322 e. The Morgan fingerprint density at radius 3 is 2.57 bits per heavy atom. The van der Waals surface area contributed by atoms with Crippen LogP contribution in [0.4, 0.5) is 10.1 Å². The minimum Gasteiger partial charge on any atom is -0.322 e. The maximum atomic E-state index is 13.0. The SMILES string of the molecule is [CH]c1cccc(NC(=O)c2ccnc(-c3ccc(F)cc3)c2)c1. The van der Waals surface area contributed by atoms with Crippen LogP contribution in [-0.4, -0.2) is 10.9 Å². The van der Waals surface area contributed by atoms with Gasteiger partial charge in [-0.1, -0.05) is 12.1 Å². The van der Waals surface area contributed by atoms with Gasteiger partial charge in [0.15, 0.2) is 0 Å². The second-order valence-electron chi connectivity index (χ2n) is 5.02. The monoisotopic (exact) mass is 304 g/mol. The number of hydrogen-bond donors (Lipinski definition) is 1. The molecule has 3 rings (SSSR count). The average molecular weight is 304 g/mol. The molecular formula is C19H13FN2O. The first-order valence-corrected chi connectivity index (χ1v) is 7.01. The maximum absolute atomic E-state index is 13.0. The summed E-state index contributed by atoms with van der Waals surface area (Å²) < 4.78 is 13.0. The van der Waals surface area contributed by atoms with Gasteiger partial charge in [0, 0.05) is 23.0 Å². The Kier molecular flexibility index (Phi) is 4.15. The van der Waals surface area contributed by atoms with Crippen LogP contribution in [0.2, 0.25) is 0 Å². The fourth-order valence-corrected chi connectivity index (χ4v) is 2.17. The highest BCUT2D eigenvalue weighted by Gasteiger charge is 2.09. The van der Waals surface area contributed by atoms with E-state index in [-0.39, 0.29) is 11.7 Å². The molecule has 1 N–H and O–H groups in total. The van der Waals surface area contributed by atoms with Gasteiger partial charge in [-0.05, 0) is 61.0 Å². The van der Waals surface area contributed by atoms with E-state index in [4.69, 9.17) is 6.92 Å². The molecule has 1 aromatic heterocycles. The van der Waals surface area contributed by atoms with E-state index in [0.717, 1.165) is 5.56 Å². The number of carbonyl (C=O) groups is 1. The zero-order chi connectivity index (χ0) is 16.2. The number of hydrogen-bond acceptors (Lipinski definition) is 2. The van der Waals surface area contributed by atoms with Crippen LogP contribution in [0.15, 0.2) is 66.9 Å². The van der Waals surface area contributed by atoms with Crippen LogP contribution < -0.4 is 5.32 Å². The Morgan fingerprint density at radius 2 is 1.83 bits per heavy atom. The average Bonchev–Trinajstić information content (AvgIpc) is 2.56. The van der Waals surface area contributed by atoms with E-state index in [2.05, 4.69) is 10.3 Å². The Bertz CT molecular complexity index is 844. The number of rotatable bonds is 3. The molecule has 0 saturated carbocycles. The third kappa shape index (κ3) is 3.61. The number of aromatic nitrogens is 1. The van der Waals surface area contributed by atoms with E-state index >= 15 is 0 Å². The lowest BCUT2D eigenvalue weighted by Crippen LogP contribution is -2.12. The number of pyridine rings is 1. The van der Waals surface area contributed by atoms with Crippen LogP contribution in [0.1, 0.15) is 15.9 Å². The molecule has 4 heteroatoms. The number of nitrogens with zero attached hydrogens (tertiary/aromatic N) is 1. The fraction of sp³-hybridized carbons (Fsp3) is 0. The molecule has 0 atom stereocenters. The zero-order valence-corrected chi connectivity index (χ0v) is 12.2. The van der Waals surface area contributed by atoms with Gasteiger partial charge < -0.3 is 5.32 Å². The molecule has 0 spiro atoms. The molecule has 0 saturated heterocycles. The summed E-state index contributed by atoms with van der Waals surface area (Å²) in [6.45, 7) is 5.69. The number of benzene rings is 2. The van der Waals surface area contributed by atoms with Gasteiger partial charge >= 0.3 is 0 Å². The highest BCUT2D eigenvalue weighted by molar-refractivity contribution is 6.04. The molecule has 0 fully saturated rings. The molecule has 0 aliphatic carbocycles. The van der Waals surface area contributed by atoms with Crippen molar-refractivity contribution >= 4 is 11.6 Å². The van der Waals surface area contributed by atoms with Crippen molar-refractivity contribution < 1.29 is 9.18 Å². The van der Waals surface area contributed by atoms with E-state index in [0.29, 0.717) is 22.5 Å². The van der Waals surface area contributed by atoms with Crippen molar-refractivity contribution in [2.75, 3.05) is 5.32 Å². The lowest BCUT2D eigenvalue weighted by molar-refractivity contribution is 0.102. The van der Waals surface area contributed by atoms with Gasteiger partial charge in [0.1, 0.15) is 5.82 Å². The van der Waals surface area contributed by atoms with Crippen molar-refractivity contribution in [3.05, 3.63) is 90.7 Å². The second kappa shape index (κ2) is 6.40. The van der Waals surface area contributed by atoms with Crippen molar-refractivity contribution in [2.24, 2.45) is 0 Å². The number of nitrogens with one attached hydrogen (secondary N) is 1. The van der Waals surface area contributed by atoms with Gasteiger partial charge in [-0.25, -0.2) is 4.39 Å². The van der Waals surface area contributed by atoms with Gasteiger partial charge in [0.25, 0.3) is 5.91 Å². The minimum absolute atomic E-state index is 0.263. The van der Waals surface area contributed by atoms with Gasteiger partial charge in [0.2, 0.25) is 0 Å². The van der Waals surface area contributed by atoms with Crippen molar-refractivity contribution in [3.63, 3.8) is 0 Å². The van der Waals surface area contributed by atoms with Crippen LogP contribution in [0.3, 0.4) is 0 Å². The Labute approximate surface area is 133 Å². The third-order valence-corrected chi connectivity index (χ3v) is 3.31. The molecular weight excluding hydrogens is 291 g/mol. The van der Waals surface area contributed by atoms with Crippen molar-refractivity contribution in [2.45, 2.75) is 0 Å². The summed E-state index contributed by atoms with van der Waals surface area (Å²) in [4.78, 5) is 16.5. The molecule has 1 amide bonds. The first-order valence-electron chi connectivity index (χ1n) is 7.01. The summed E-state index contributed by atoms with van der Waals surface area (Å²) in [5.41, 5.74) is 3.00. The molecule has 0 unspecified atom stereocenters. The molecule has 3 nitrogen and oxygen atoms in total. The van der Waals surface area contributed by atoms with Crippen LogP contribution >= 0.6 is 0 Å². The maximum Gasteiger partial charge on any atom is 0.255 e. The lowest BCUT2D eigenvalue weighted by Gasteiger charge is -2.07. The molecule has 0 aliphatic rings. The molecule has 2 aromatic carbocycles. The summed E-state index contributed by atoms with van der Waals surface area (Å²) in [5, 5.41) is 2.78. The van der Waals surface area contributed by atoms with Gasteiger partial charge in [-0.3, -0.25) is 9.78 Å². The number of anilines is 1. The predicted octanol–water partition coefficient (Wildman–Crippen LogP) is 4.20. The molecule has 0 aliphatic heterocycles. The second-order valence-corrected chi connectivity index (χ2v) is 5.02. The quantitative estimate of drug-likeness (QED) is 0.788. The summed E-state index contributed by atoms with van der Waals surface area (Å²) in [5.74, 6) is -0.578. The highest BCUT2D eigenvalue weighted by atomic mass is 19.1. The zero-order valence-electron chi connectivity index (χ0n) is 12.2. The highest BCUT2D eigenvalue weighted by Crippen LogP contribution is 2.19. The van der Waals surface area contributed by atoms with E-state index in [1.807, 2.05) is 0 Å². The topological polar surface area (TPSA) is 42.0 Å².